The lowest BCUT2D eigenvalue weighted by molar-refractivity contribution is -0.187. The van der Waals surface area contributed by atoms with Gasteiger partial charge in [-0.15, -0.1) is 0 Å². The summed E-state index contributed by atoms with van der Waals surface area (Å²) in [5.74, 6) is -2.40. The number of carbonyl (C=O) groups is 2. The van der Waals surface area contributed by atoms with Crippen LogP contribution in [0.2, 0.25) is 0 Å². The van der Waals surface area contributed by atoms with E-state index in [0.29, 0.717) is 24.9 Å². The maximum Gasteiger partial charge on any atom is 0.391 e. The van der Waals surface area contributed by atoms with E-state index in [1.807, 2.05) is 0 Å². The van der Waals surface area contributed by atoms with Crippen molar-refractivity contribution in [2.75, 3.05) is 14.1 Å². The summed E-state index contributed by atoms with van der Waals surface area (Å²) in [6.45, 7) is 0.306. The third kappa shape index (κ3) is 4.96. The zero-order valence-corrected chi connectivity index (χ0v) is 14.4. The lowest BCUT2D eigenvalue weighted by Crippen LogP contribution is -2.38. The Balaban J connectivity index is 1.96. The minimum Gasteiger partial charge on any atom is -0.355 e. The number of alkyl halides is 3. The molecule has 1 saturated carbocycles. The Bertz CT molecular complexity index is 614. The van der Waals surface area contributed by atoms with Crippen molar-refractivity contribution in [1.29, 1.82) is 0 Å². The second-order valence-corrected chi connectivity index (χ2v) is 6.57. The highest BCUT2D eigenvalue weighted by molar-refractivity contribution is 5.93. The topological polar surface area (TPSA) is 49.4 Å². The van der Waals surface area contributed by atoms with E-state index in [2.05, 4.69) is 5.32 Å². The molecule has 2 unspecified atom stereocenters. The molecule has 1 N–H and O–H groups in total. The van der Waals surface area contributed by atoms with Crippen LogP contribution in [0.1, 0.15) is 41.6 Å². The molecule has 0 bridgehead atoms. The van der Waals surface area contributed by atoms with Crippen LogP contribution >= 0.6 is 0 Å². The summed E-state index contributed by atoms with van der Waals surface area (Å²) in [4.78, 5) is 25.5. The van der Waals surface area contributed by atoms with Crippen LogP contribution in [0.15, 0.2) is 24.3 Å². The van der Waals surface area contributed by atoms with Crippen molar-refractivity contribution in [3.8, 4) is 0 Å². The van der Waals surface area contributed by atoms with E-state index in [1.165, 1.54) is 4.90 Å². The van der Waals surface area contributed by atoms with Crippen molar-refractivity contribution in [1.82, 2.24) is 10.2 Å². The van der Waals surface area contributed by atoms with Crippen molar-refractivity contribution in [2.45, 2.75) is 38.4 Å². The van der Waals surface area contributed by atoms with Gasteiger partial charge in [-0.2, -0.15) is 13.2 Å². The van der Waals surface area contributed by atoms with E-state index in [1.54, 1.807) is 38.4 Å². The van der Waals surface area contributed by atoms with Crippen LogP contribution in [-0.4, -0.2) is 37.0 Å². The van der Waals surface area contributed by atoms with Gasteiger partial charge >= 0.3 is 6.18 Å². The van der Waals surface area contributed by atoms with Gasteiger partial charge in [-0.3, -0.25) is 9.59 Å². The predicted octanol–water partition coefficient (Wildman–Crippen LogP) is 3.37. The van der Waals surface area contributed by atoms with Gasteiger partial charge in [0.1, 0.15) is 0 Å². The Hall–Kier alpha value is -2.05. The molecule has 2 rings (SSSR count). The van der Waals surface area contributed by atoms with Crippen LogP contribution in [0.3, 0.4) is 0 Å². The maximum absolute atomic E-state index is 12.9. The largest absolute Gasteiger partial charge is 0.391 e. The van der Waals surface area contributed by atoms with Gasteiger partial charge in [0.2, 0.25) is 5.91 Å². The summed E-state index contributed by atoms with van der Waals surface area (Å²) >= 11 is 0. The van der Waals surface area contributed by atoms with E-state index in [-0.39, 0.29) is 24.7 Å². The van der Waals surface area contributed by atoms with E-state index >= 15 is 0 Å². The number of benzene rings is 1. The van der Waals surface area contributed by atoms with Crippen molar-refractivity contribution in [3.05, 3.63) is 35.4 Å². The van der Waals surface area contributed by atoms with Crippen LogP contribution in [-0.2, 0) is 11.3 Å². The summed E-state index contributed by atoms with van der Waals surface area (Å²) < 4.78 is 38.7. The first-order valence-corrected chi connectivity index (χ1v) is 8.35. The first-order chi connectivity index (χ1) is 11.7. The van der Waals surface area contributed by atoms with E-state index in [4.69, 9.17) is 0 Å². The Labute approximate surface area is 145 Å². The molecule has 2 amide bonds. The van der Waals surface area contributed by atoms with Gasteiger partial charge in [-0.05, 0) is 37.0 Å². The summed E-state index contributed by atoms with van der Waals surface area (Å²) in [6.07, 6.45) is -3.31. The Morgan fingerprint density at radius 2 is 1.84 bits per heavy atom. The summed E-state index contributed by atoms with van der Waals surface area (Å²) in [7, 11) is 3.15. The molecule has 1 aromatic rings. The molecule has 138 valence electrons. The summed E-state index contributed by atoms with van der Waals surface area (Å²) in [5.41, 5.74) is 1.34. The van der Waals surface area contributed by atoms with Crippen LogP contribution < -0.4 is 5.32 Å². The fraction of sp³-hybridized carbons (Fsp3) is 0.556. The van der Waals surface area contributed by atoms with E-state index in [0.717, 1.165) is 5.56 Å². The second kappa shape index (κ2) is 7.89. The molecule has 2 atom stereocenters. The summed E-state index contributed by atoms with van der Waals surface area (Å²) in [5, 5.41) is 2.52. The number of hydrogen-bond donors (Lipinski definition) is 1. The van der Waals surface area contributed by atoms with Gasteiger partial charge in [0.25, 0.3) is 5.91 Å². The molecule has 1 aliphatic carbocycles. The van der Waals surface area contributed by atoms with Gasteiger partial charge < -0.3 is 10.2 Å². The van der Waals surface area contributed by atoms with Gasteiger partial charge in [0, 0.05) is 32.1 Å². The van der Waals surface area contributed by atoms with Crippen molar-refractivity contribution in [3.63, 3.8) is 0 Å². The molecular weight excluding hydrogens is 333 g/mol. The highest BCUT2D eigenvalue weighted by Crippen LogP contribution is 2.40. The Kier molecular flexibility index (Phi) is 6.08. The molecule has 1 fully saturated rings. The highest BCUT2D eigenvalue weighted by Gasteiger charge is 2.43. The zero-order chi connectivity index (χ0) is 18.6. The zero-order valence-electron chi connectivity index (χ0n) is 14.4. The molecule has 1 aromatic carbocycles. The Morgan fingerprint density at radius 1 is 1.20 bits per heavy atom. The minimum atomic E-state index is -4.23. The number of halogens is 3. The minimum absolute atomic E-state index is 0.109. The van der Waals surface area contributed by atoms with Crippen LogP contribution in [0, 0.1) is 11.8 Å². The molecule has 4 nitrogen and oxygen atoms in total. The van der Waals surface area contributed by atoms with Crippen LogP contribution in [0.4, 0.5) is 13.2 Å². The highest BCUT2D eigenvalue weighted by atomic mass is 19.4. The number of rotatable bonds is 4. The Morgan fingerprint density at radius 3 is 2.40 bits per heavy atom. The number of hydrogen-bond acceptors (Lipinski definition) is 2. The molecule has 0 spiro atoms. The predicted molar refractivity (Wildman–Crippen MR) is 87.8 cm³/mol. The standard InChI is InChI=1S/C18H23F3N2O2/c1-22-16(24)13-8-6-12(7-9-13)11-23(2)17(25)14-4-3-5-15(10-14)18(19,20)21/h6-9,14-15H,3-5,10-11H2,1-2H3,(H,22,24). The normalized spacial score (nSPS) is 20.8. The molecule has 0 heterocycles. The van der Waals surface area contributed by atoms with Crippen molar-refractivity contribution in [2.24, 2.45) is 11.8 Å². The van der Waals surface area contributed by atoms with Crippen molar-refractivity contribution < 1.29 is 22.8 Å². The second-order valence-electron chi connectivity index (χ2n) is 6.57. The molecule has 0 saturated heterocycles. The number of nitrogens with zero attached hydrogens (tertiary/aromatic N) is 1. The van der Waals surface area contributed by atoms with Gasteiger partial charge in [-0.1, -0.05) is 18.6 Å². The fourth-order valence-corrected chi connectivity index (χ4v) is 3.28. The van der Waals surface area contributed by atoms with Crippen molar-refractivity contribution >= 4 is 11.8 Å². The molecule has 0 radical (unpaired) electrons. The first-order valence-electron chi connectivity index (χ1n) is 8.35. The first kappa shape index (κ1) is 19.3. The van der Waals surface area contributed by atoms with E-state index in [9.17, 15) is 22.8 Å². The third-order valence-electron chi connectivity index (χ3n) is 4.73. The van der Waals surface area contributed by atoms with Gasteiger partial charge in [0.15, 0.2) is 0 Å². The SMILES string of the molecule is CNC(=O)c1ccc(CN(C)C(=O)C2CCCC(C(F)(F)F)C2)cc1. The quantitative estimate of drug-likeness (QED) is 0.899. The average Bonchev–Trinajstić information content (AvgIpc) is 2.60. The van der Waals surface area contributed by atoms with Crippen LogP contribution in [0.5, 0.6) is 0 Å². The third-order valence-corrected chi connectivity index (χ3v) is 4.73. The average molecular weight is 356 g/mol. The molecular formula is C18H23F3N2O2. The lowest BCUT2D eigenvalue weighted by atomic mass is 9.80. The maximum atomic E-state index is 12.9. The summed E-state index contributed by atoms with van der Waals surface area (Å²) in [6, 6.07) is 6.81. The molecule has 0 aromatic heterocycles. The number of carbonyl (C=O) groups excluding carboxylic acids is 2. The lowest BCUT2D eigenvalue weighted by Gasteiger charge is -2.32. The van der Waals surface area contributed by atoms with Gasteiger partial charge in [0.05, 0.1) is 5.92 Å². The fourth-order valence-electron chi connectivity index (χ4n) is 3.28. The number of nitrogens with one attached hydrogen (secondary N) is 1. The van der Waals surface area contributed by atoms with Gasteiger partial charge in [-0.25, -0.2) is 0 Å². The van der Waals surface area contributed by atoms with Crippen LogP contribution in [0.25, 0.3) is 0 Å². The molecule has 1 aliphatic rings. The number of amides is 2. The molecule has 7 heteroatoms. The molecule has 25 heavy (non-hydrogen) atoms. The molecule has 0 aliphatic heterocycles. The van der Waals surface area contributed by atoms with E-state index < -0.39 is 18.0 Å². The monoisotopic (exact) mass is 356 g/mol. The smallest absolute Gasteiger partial charge is 0.355 e.